The first kappa shape index (κ1) is 13.8. The molecule has 0 saturated heterocycles. The molecule has 2 N–H and O–H groups in total. The molecule has 3 heterocycles. The molecule has 3 rings (SSSR count). The third kappa shape index (κ3) is 2.43. The minimum absolute atomic E-state index is 0.0209. The zero-order valence-corrected chi connectivity index (χ0v) is 12.4. The van der Waals surface area contributed by atoms with E-state index < -0.39 is 15.8 Å². The van der Waals surface area contributed by atoms with Crippen LogP contribution in [0.3, 0.4) is 0 Å². The van der Waals surface area contributed by atoms with E-state index in [4.69, 9.17) is 0 Å². The van der Waals surface area contributed by atoms with Gasteiger partial charge in [-0.05, 0) is 12.1 Å². The molecule has 0 unspecified atom stereocenters. The van der Waals surface area contributed by atoms with Crippen molar-refractivity contribution >= 4 is 38.0 Å². The Morgan fingerprint density at radius 2 is 2.19 bits per heavy atom. The lowest BCUT2D eigenvalue weighted by Gasteiger charge is -2.07. The summed E-state index contributed by atoms with van der Waals surface area (Å²) in [5.41, 5.74) is 0. The van der Waals surface area contributed by atoms with E-state index in [0.29, 0.717) is 4.96 Å². The largest absolute Gasteiger partial charge is 0.371 e. The number of thiazole rings is 1. The molecule has 0 spiro atoms. The first-order valence-corrected chi connectivity index (χ1v) is 8.15. The van der Waals surface area contributed by atoms with Crippen molar-refractivity contribution in [2.45, 2.75) is 5.03 Å². The van der Waals surface area contributed by atoms with Gasteiger partial charge in [0.25, 0.3) is 10.0 Å². The van der Waals surface area contributed by atoms with Crippen LogP contribution in [0.1, 0.15) is 0 Å². The fourth-order valence-corrected chi connectivity index (χ4v) is 3.88. The van der Waals surface area contributed by atoms with E-state index >= 15 is 0 Å². The number of hydrogen-bond acceptors (Lipinski definition) is 6. The molecule has 0 bridgehead atoms. The summed E-state index contributed by atoms with van der Waals surface area (Å²) in [5.74, 6) is -0.279. The number of pyridine rings is 1. The van der Waals surface area contributed by atoms with Crippen molar-refractivity contribution < 1.29 is 12.8 Å². The second-order valence-corrected chi connectivity index (χ2v) is 6.51. The molecule has 0 fully saturated rings. The number of imidazole rings is 1. The van der Waals surface area contributed by atoms with Crippen LogP contribution in [0.15, 0.2) is 34.9 Å². The standard InChI is InChI=1S/C11H10FN5O2S2/c1-13-9-10(17-4-5-20-11(17)15-9)21(18,19)16-8-3-2-7(12)6-14-8/h2-6,13H,1H3,(H,14,16). The average molecular weight is 327 g/mol. The number of aromatic nitrogens is 3. The van der Waals surface area contributed by atoms with Gasteiger partial charge in [-0.2, -0.15) is 8.42 Å². The van der Waals surface area contributed by atoms with Crippen molar-refractivity contribution in [1.29, 1.82) is 0 Å². The van der Waals surface area contributed by atoms with Gasteiger partial charge in [-0.25, -0.2) is 14.4 Å². The molecule has 0 aliphatic heterocycles. The molecule has 0 aromatic carbocycles. The van der Waals surface area contributed by atoms with Crippen LogP contribution in [0.2, 0.25) is 0 Å². The van der Waals surface area contributed by atoms with Gasteiger partial charge < -0.3 is 5.32 Å². The highest BCUT2D eigenvalue weighted by Gasteiger charge is 2.25. The summed E-state index contributed by atoms with van der Waals surface area (Å²) in [4.78, 5) is 8.42. The summed E-state index contributed by atoms with van der Waals surface area (Å²) in [6.45, 7) is 0. The molecule has 0 atom stereocenters. The molecular formula is C11H10FN5O2S2. The quantitative estimate of drug-likeness (QED) is 0.762. The maximum absolute atomic E-state index is 12.8. The fourth-order valence-electron chi connectivity index (χ4n) is 1.81. The smallest absolute Gasteiger partial charge is 0.282 e. The lowest BCUT2D eigenvalue weighted by molar-refractivity contribution is 0.596. The van der Waals surface area contributed by atoms with Gasteiger partial charge in [0.05, 0.1) is 6.20 Å². The van der Waals surface area contributed by atoms with E-state index in [9.17, 15) is 12.8 Å². The Morgan fingerprint density at radius 3 is 2.86 bits per heavy atom. The molecule has 7 nitrogen and oxygen atoms in total. The summed E-state index contributed by atoms with van der Waals surface area (Å²) in [5, 5.41) is 4.46. The Labute approximate surface area is 123 Å². The van der Waals surface area contributed by atoms with E-state index in [-0.39, 0.29) is 16.7 Å². The maximum atomic E-state index is 12.8. The number of nitrogens with zero attached hydrogens (tertiary/aromatic N) is 3. The lowest BCUT2D eigenvalue weighted by atomic mass is 10.5. The van der Waals surface area contributed by atoms with Crippen molar-refractivity contribution in [3.63, 3.8) is 0 Å². The van der Waals surface area contributed by atoms with Crippen molar-refractivity contribution in [1.82, 2.24) is 14.4 Å². The van der Waals surface area contributed by atoms with Crippen LogP contribution in [0.25, 0.3) is 4.96 Å². The van der Waals surface area contributed by atoms with Gasteiger partial charge in [0.2, 0.25) is 5.03 Å². The minimum atomic E-state index is -3.91. The number of fused-ring (bicyclic) bond motifs is 1. The Bertz CT molecular complexity index is 885. The molecule has 0 radical (unpaired) electrons. The summed E-state index contributed by atoms with van der Waals surface area (Å²) >= 11 is 1.32. The highest BCUT2D eigenvalue weighted by molar-refractivity contribution is 7.92. The number of hydrogen-bond donors (Lipinski definition) is 2. The summed E-state index contributed by atoms with van der Waals surface area (Å²) < 4.78 is 41.6. The highest BCUT2D eigenvalue weighted by Crippen LogP contribution is 2.26. The Hall–Kier alpha value is -2.20. The Balaban J connectivity index is 2.07. The van der Waals surface area contributed by atoms with Gasteiger partial charge in [0.1, 0.15) is 11.6 Å². The zero-order chi connectivity index (χ0) is 15.0. The average Bonchev–Trinajstić information content (AvgIpc) is 3.00. The molecular weight excluding hydrogens is 317 g/mol. The number of anilines is 2. The zero-order valence-electron chi connectivity index (χ0n) is 10.7. The third-order valence-electron chi connectivity index (χ3n) is 2.68. The number of halogens is 1. The molecule has 21 heavy (non-hydrogen) atoms. The lowest BCUT2D eigenvalue weighted by Crippen LogP contribution is -2.17. The number of rotatable bonds is 4. The number of nitrogens with one attached hydrogen (secondary N) is 2. The van der Waals surface area contributed by atoms with Crippen molar-refractivity contribution in [3.05, 3.63) is 35.7 Å². The van der Waals surface area contributed by atoms with Gasteiger partial charge in [-0.15, -0.1) is 11.3 Å². The van der Waals surface area contributed by atoms with Crippen LogP contribution in [-0.4, -0.2) is 29.8 Å². The molecule has 0 amide bonds. The molecule has 0 saturated carbocycles. The topological polar surface area (TPSA) is 88.4 Å². The summed E-state index contributed by atoms with van der Waals surface area (Å²) in [7, 11) is -2.33. The Kier molecular flexibility index (Phi) is 3.26. The maximum Gasteiger partial charge on any atom is 0.282 e. The molecule has 10 heteroatoms. The van der Waals surface area contributed by atoms with Crippen LogP contribution in [0, 0.1) is 5.82 Å². The van der Waals surface area contributed by atoms with Crippen molar-refractivity contribution in [3.8, 4) is 0 Å². The van der Waals surface area contributed by atoms with E-state index in [1.165, 1.54) is 21.8 Å². The van der Waals surface area contributed by atoms with Gasteiger partial charge in [-0.1, -0.05) is 0 Å². The van der Waals surface area contributed by atoms with E-state index in [1.54, 1.807) is 18.6 Å². The second-order valence-electron chi connectivity index (χ2n) is 4.04. The highest BCUT2D eigenvalue weighted by atomic mass is 32.2. The summed E-state index contributed by atoms with van der Waals surface area (Å²) in [6.07, 6.45) is 2.55. The molecule has 110 valence electrons. The Morgan fingerprint density at radius 1 is 1.38 bits per heavy atom. The van der Waals surface area contributed by atoms with Crippen LogP contribution < -0.4 is 10.0 Å². The minimum Gasteiger partial charge on any atom is -0.371 e. The SMILES string of the molecule is CNc1nc2sccn2c1S(=O)(=O)Nc1ccc(F)cn1. The predicted octanol–water partition coefficient (Wildman–Crippen LogP) is 1.77. The second kappa shape index (κ2) is 4.97. The fraction of sp³-hybridized carbons (Fsp3) is 0.0909. The van der Waals surface area contributed by atoms with Crippen molar-refractivity contribution in [2.24, 2.45) is 0 Å². The molecule has 3 aromatic rings. The molecule has 3 aromatic heterocycles. The van der Waals surface area contributed by atoms with E-state index in [2.05, 4.69) is 20.0 Å². The summed E-state index contributed by atoms with van der Waals surface area (Å²) in [6, 6.07) is 2.37. The third-order valence-corrected chi connectivity index (χ3v) is 4.81. The van der Waals surface area contributed by atoms with Crippen LogP contribution in [-0.2, 0) is 10.0 Å². The van der Waals surface area contributed by atoms with Gasteiger partial charge in [0.15, 0.2) is 10.8 Å². The van der Waals surface area contributed by atoms with Gasteiger partial charge in [-0.3, -0.25) is 9.12 Å². The van der Waals surface area contributed by atoms with Gasteiger partial charge in [0, 0.05) is 18.6 Å². The van der Waals surface area contributed by atoms with Gasteiger partial charge >= 0.3 is 0 Å². The first-order chi connectivity index (χ1) is 10.0. The van der Waals surface area contributed by atoms with Crippen LogP contribution in [0.4, 0.5) is 16.0 Å². The van der Waals surface area contributed by atoms with E-state index in [1.807, 2.05) is 0 Å². The van der Waals surface area contributed by atoms with Crippen LogP contribution in [0.5, 0.6) is 0 Å². The monoisotopic (exact) mass is 327 g/mol. The van der Waals surface area contributed by atoms with E-state index in [0.717, 1.165) is 12.3 Å². The van der Waals surface area contributed by atoms with Crippen LogP contribution >= 0.6 is 11.3 Å². The predicted molar refractivity (Wildman–Crippen MR) is 77.6 cm³/mol. The number of sulfonamides is 1. The van der Waals surface area contributed by atoms with Crippen molar-refractivity contribution in [2.75, 3.05) is 17.1 Å². The first-order valence-electron chi connectivity index (χ1n) is 5.79. The molecule has 0 aliphatic carbocycles. The normalized spacial score (nSPS) is 11.7. The molecule has 0 aliphatic rings.